The second kappa shape index (κ2) is 9.87. The molecule has 0 aliphatic carbocycles. The smallest absolute Gasteiger partial charge is 0.410 e. The number of benzene rings is 2. The Bertz CT molecular complexity index is 1320. The van der Waals surface area contributed by atoms with Crippen LogP contribution in [0.2, 0.25) is 0 Å². The van der Waals surface area contributed by atoms with Gasteiger partial charge in [-0.3, -0.25) is 0 Å². The topological polar surface area (TPSA) is 115 Å². The molecule has 9 nitrogen and oxygen atoms in total. The highest BCUT2D eigenvalue weighted by Gasteiger charge is 2.34. The van der Waals surface area contributed by atoms with Crippen LogP contribution < -0.4 is 16.1 Å². The number of hydrogen-bond donors (Lipinski definition) is 3. The number of aliphatic hydroxyl groups excluding tert-OH is 1. The molecule has 0 fully saturated rings. The number of hydrogen-bond acceptors (Lipinski definition) is 9. The van der Waals surface area contributed by atoms with Crippen LogP contribution in [0, 0.1) is 6.92 Å². The number of pyridine rings is 1. The van der Waals surface area contributed by atoms with E-state index in [0.29, 0.717) is 28.8 Å². The summed E-state index contributed by atoms with van der Waals surface area (Å²) in [6.07, 6.45) is 1.61. The van der Waals surface area contributed by atoms with E-state index in [4.69, 9.17) is 13.8 Å². The van der Waals surface area contributed by atoms with E-state index in [2.05, 4.69) is 25.8 Å². The largest absolute Gasteiger partial charge is 0.494 e. The number of anilines is 3. The lowest BCUT2D eigenvalue weighted by Crippen LogP contribution is -2.30. The number of fused-ring (bicyclic) bond motifs is 1. The van der Waals surface area contributed by atoms with Gasteiger partial charge in [-0.2, -0.15) is 4.98 Å². The van der Waals surface area contributed by atoms with Crippen molar-refractivity contribution < 1.29 is 18.9 Å². The van der Waals surface area contributed by atoms with Crippen molar-refractivity contribution in [2.75, 3.05) is 24.4 Å². The fourth-order valence-electron chi connectivity index (χ4n) is 4.21. The first-order chi connectivity index (χ1) is 17.1. The van der Waals surface area contributed by atoms with E-state index >= 15 is 0 Å². The lowest BCUT2D eigenvalue weighted by Gasteiger charge is -2.20. The third-order valence-corrected chi connectivity index (χ3v) is 5.97. The monoisotopic (exact) mass is 471 g/mol. The summed E-state index contributed by atoms with van der Waals surface area (Å²) in [5, 5.41) is 20.8. The molecule has 3 N–H and O–H groups in total. The van der Waals surface area contributed by atoms with Gasteiger partial charge in [0, 0.05) is 25.1 Å². The van der Waals surface area contributed by atoms with Gasteiger partial charge < -0.3 is 29.6 Å². The van der Waals surface area contributed by atoms with Crippen LogP contribution in [0.4, 0.5) is 17.2 Å². The van der Waals surface area contributed by atoms with E-state index in [1.54, 1.807) is 20.2 Å². The van der Waals surface area contributed by atoms with Gasteiger partial charge in [0.15, 0.2) is 5.82 Å². The summed E-state index contributed by atoms with van der Waals surface area (Å²) in [6, 6.07) is 17.3. The molecule has 0 amide bonds. The van der Waals surface area contributed by atoms with Crippen molar-refractivity contribution in [2.24, 2.45) is 0 Å². The van der Waals surface area contributed by atoms with Crippen LogP contribution in [0.1, 0.15) is 36.0 Å². The molecule has 1 aliphatic heterocycles. The lowest BCUT2D eigenvalue weighted by atomic mass is 9.78. The number of aliphatic hydroxyl groups is 1. The molecule has 2 aromatic carbocycles. The Balaban J connectivity index is 1.47. The second-order valence-corrected chi connectivity index (χ2v) is 8.37. The fourth-order valence-corrected chi connectivity index (χ4v) is 4.21. The molecule has 0 saturated carbocycles. The summed E-state index contributed by atoms with van der Waals surface area (Å²) < 4.78 is 16.7. The van der Waals surface area contributed by atoms with Crippen LogP contribution in [0.3, 0.4) is 0 Å². The predicted octanol–water partition coefficient (Wildman–Crippen LogP) is 3.76. The van der Waals surface area contributed by atoms with Crippen molar-refractivity contribution in [3.8, 4) is 11.5 Å². The van der Waals surface area contributed by atoms with E-state index < -0.39 is 0 Å². The Morgan fingerprint density at radius 3 is 2.71 bits per heavy atom. The van der Waals surface area contributed by atoms with Crippen molar-refractivity contribution in [3.63, 3.8) is 0 Å². The van der Waals surface area contributed by atoms with E-state index in [9.17, 15) is 5.11 Å². The maximum atomic E-state index is 10.1. The van der Waals surface area contributed by atoms with Crippen molar-refractivity contribution in [1.82, 2.24) is 15.1 Å². The molecule has 0 radical (unpaired) electrons. The molecule has 5 rings (SSSR count). The maximum absolute atomic E-state index is 10.1. The van der Waals surface area contributed by atoms with Crippen LogP contribution in [-0.4, -0.2) is 41.1 Å². The van der Waals surface area contributed by atoms with Gasteiger partial charge in [-0.25, -0.2) is 4.98 Å². The summed E-state index contributed by atoms with van der Waals surface area (Å²) in [4.78, 5) is 8.93. The van der Waals surface area contributed by atoms with Gasteiger partial charge in [-0.15, -0.1) is 0 Å². The van der Waals surface area contributed by atoms with Crippen LogP contribution in [-0.2, 0) is 9.31 Å². The third kappa shape index (κ3) is 4.76. The minimum absolute atomic E-state index is 0.0683. The quantitative estimate of drug-likeness (QED) is 0.331. The molecule has 35 heavy (non-hydrogen) atoms. The first-order valence-corrected chi connectivity index (χ1v) is 11.4. The second-order valence-electron chi connectivity index (χ2n) is 8.37. The van der Waals surface area contributed by atoms with Gasteiger partial charge in [0.1, 0.15) is 5.82 Å². The normalized spacial score (nSPS) is 15.7. The molecular weight excluding hydrogens is 445 g/mol. The number of nitrogens with one attached hydrogen (secondary N) is 2. The molecule has 0 spiro atoms. The summed E-state index contributed by atoms with van der Waals surface area (Å²) in [5.41, 5.74) is 5.27. The SMILES string of the molecule is COB1OC(C)c2cc(Nc3cc(N[C@H](CO)c4ccccc4)c(-c4nc(C)no4)cn3)ccc21. The van der Waals surface area contributed by atoms with E-state index in [1.165, 1.54) is 0 Å². The van der Waals surface area contributed by atoms with Gasteiger partial charge in [0.25, 0.3) is 5.89 Å². The minimum atomic E-state index is -0.353. The third-order valence-electron chi connectivity index (χ3n) is 5.97. The van der Waals surface area contributed by atoms with Crippen LogP contribution >= 0.6 is 0 Å². The predicted molar refractivity (Wildman–Crippen MR) is 134 cm³/mol. The molecule has 1 unspecified atom stereocenters. The van der Waals surface area contributed by atoms with Crippen molar-refractivity contribution >= 4 is 29.8 Å². The van der Waals surface area contributed by atoms with Crippen molar-refractivity contribution in [3.05, 3.63) is 77.7 Å². The lowest BCUT2D eigenvalue weighted by molar-refractivity contribution is 0.191. The number of nitrogens with zero attached hydrogens (tertiary/aromatic N) is 3. The molecular formula is C25H26BN5O4. The average molecular weight is 471 g/mol. The first-order valence-electron chi connectivity index (χ1n) is 11.4. The molecule has 178 valence electrons. The highest BCUT2D eigenvalue weighted by Crippen LogP contribution is 2.33. The molecule has 3 heterocycles. The highest BCUT2D eigenvalue weighted by molar-refractivity contribution is 6.63. The Kier molecular flexibility index (Phi) is 6.50. The zero-order chi connectivity index (χ0) is 24.4. The van der Waals surface area contributed by atoms with Crippen LogP contribution in [0.25, 0.3) is 11.5 Å². The fraction of sp³-hybridized carbons (Fsp3) is 0.240. The molecule has 0 saturated heterocycles. The van der Waals surface area contributed by atoms with E-state index in [-0.39, 0.29) is 25.9 Å². The minimum Gasteiger partial charge on any atom is -0.410 e. The summed E-state index contributed by atoms with van der Waals surface area (Å²) in [5.74, 6) is 1.49. The molecule has 1 aliphatic rings. The van der Waals surface area contributed by atoms with Crippen molar-refractivity contribution in [1.29, 1.82) is 0 Å². The van der Waals surface area contributed by atoms with E-state index in [0.717, 1.165) is 22.3 Å². The number of rotatable bonds is 8. The number of aromatic nitrogens is 3. The molecule has 0 bridgehead atoms. The Morgan fingerprint density at radius 1 is 1.17 bits per heavy atom. The Labute approximate surface area is 203 Å². The zero-order valence-electron chi connectivity index (χ0n) is 19.7. The molecule has 10 heteroatoms. The molecule has 4 aromatic rings. The number of aryl methyl sites for hydroxylation is 1. The van der Waals surface area contributed by atoms with Gasteiger partial charge in [0.05, 0.1) is 30.0 Å². The summed E-state index contributed by atoms with van der Waals surface area (Å²) in [7, 11) is 1.28. The van der Waals surface area contributed by atoms with Crippen LogP contribution in [0.15, 0.2) is 65.3 Å². The summed E-state index contributed by atoms with van der Waals surface area (Å²) in [6.45, 7) is 3.67. The Hall–Kier alpha value is -3.73. The average Bonchev–Trinajstić information content (AvgIpc) is 3.45. The van der Waals surface area contributed by atoms with E-state index in [1.807, 2.05) is 61.5 Å². The molecule has 2 atom stereocenters. The van der Waals surface area contributed by atoms with Crippen molar-refractivity contribution in [2.45, 2.75) is 26.0 Å². The van der Waals surface area contributed by atoms with Gasteiger partial charge >= 0.3 is 7.12 Å². The standard InChI is InChI=1S/C25H26BN5O4/c1-15-19-11-18(9-10-21(19)26(33-3)34-15)29-24-12-22(20(13-27-24)25-28-16(2)31-35-25)30-23(14-32)17-7-5-4-6-8-17/h4-13,15,23,32H,14H2,1-3H3,(H2,27,29,30)/t15?,23-/m1/s1. The summed E-state index contributed by atoms with van der Waals surface area (Å²) >= 11 is 0. The maximum Gasteiger partial charge on any atom is 0.494 e. The van der Waals surface area contributed by atoms with Gasteiger partial charge in [-0.05, 0) is 42.6 Å². The zero-order valence-corrected chi connectivity index (χ0v) is 19.7. The van der Waals surface area contributed by atoms with Crippen LogP contribution in [0.5, 0.6) is 0 Å². The van der Waals surface area contributed by atoms with Gasteiger partial charge in [-0.1, -0.05) is 41.6 Å². The first kappa shape index (κ1) is 23.0. The molecule has 2 aromatic heterocycles. The van der Waals surface area contributed by atoms with Gasteiger partial charge in [0.2, 0.25) is 0 Å². The highest BCUT2D eigenvalue weighted by atomic mass is 16.6. The Morgan fingerprint density at radius 2 is 2.00 bits per heavy atom.